The van der Waals surface area contributed by atoms with Gasteiger partial charge < -0.3 is 9.80 Å². The van der Waals surface area contributed by atoms with Crippen LogP contribution in [-0.4, -0.2) is 61.7 Å². The van der Waals surface area contributed by atoms with E-state index in [4.69, 9.17) is 0 Å². The third kappa shape index (κ3) is 3.78. The molecule has 0 N–H and O–H groups in total. The molecule has 0 spiro atoms. The SMILES string of the molecule is CCC1CCCCN1C(=O)CN1C(=O)C(C)(C)c2cc(S(=O)(=O)N3CCCC3)ccc21. The first-order valence-electron chi connectivity index (χ1n) is 11.4. The van der Waals surface area contributed by atoms with Crippen LogP contribution in [0.3, 0.4) is 0 Å². The molecule has 2 amide bonds. The molecule has 0 aliphatic carbocycles. The largest absolute Gasteiger partial charge is 0.338 e. The van der Waals surface area contributed by atoms with E-state index in [1.165, 1.54) is 4.31 Å². The standard InChI is InChI=1S/C23H33N3O4S/c1-4-17-9-5-6-14-25(17)21(27)16-26-20-11-10-18(15-19(20)23(2,3)22(26)28)31(29,30)24-12-7-8-13-24/h10-11,15,17H,4-9,12-14,16H2,1-3H3. The molecule has 3 aliphatic rings. The number of nitrogens with zero attached hydrogens (tertiary/aromatic N) is 3. The lowest BCUT2D eigenvalue weighted by molar-refractivity contribution is -0.135. The van der Waals surface area contributed by atoms with Crippen LogP contribution in [-0.2, 0) is 25.0 Å². The molecule has 0 aromatic heterocycles. The molecule has 1 atom stereocenters. The zero-order valence-electron chi connectivity index (χ0n) is 18.8. The Balaban J connectivity index is 1.63. The van der Waals surface area contributed by atoms with Gasteiger partial charge in [-0.05, 0) is 76.1 Å². The van der Waals surface area contributed by atoms with Crippen molar-refractivity contribution in [2.45, 2.75) is 75.6 Å². The topological polar surface area (TPSA) is 78.0 Å². The van der Waals surface area contributed by atoms with E-state index in [9.17, 15) is 18.0 Å². The highest BCUT2D eigenvalue weighted by atomic mass is 32.2. The molecule has 0 bridgehead atoms. The van der Waals surface area contributed by atoms with Gasteiger partial charge in [0.2, 0.25) is 21.8 Å². The molecule has 2 fully saturated rings. The van der Waals surface area contributed by atoms with Crippen molar-refractivity contribution in [3.63, 3.8) is 0 Å². The van der Waals surface area contributed by atoms with Crippen LogP contribution in [0.2, 0.25) is 0 Å². The molecule has 4 rings (SSSR count). The van der Waals surface area contributed by atoms with Gasteiger partial charge in [0.25, 0.3) is 0 Å². The maximum Gasteiger partial charge on any atom is 0.243 e. The molecule has 8 heteroatoms. The zero-order valence-corrected chi connectivity index (χ0v) is 19.6. The summed E-state index contributed by atoms with van der Waals surface area (Å²) in [5.41, 5.74) is 0.447. The molecule has 0 saturated carbocycles. The first kappa shape index (κ1) is 22.3. The van der Waals surface area contributed by atoms with Gasteiger partial charge in [-0.1, -0.05) is 6.92 Å². The molecular weight excluding hydrogens is 414 g/mol. The summed E-state index contributed by atoms with van der Waals surface area (Å²) < 4.78 is 27.6. The maximum absolute atomic E-state index is 13.3. The van der Waals surface area contributed by atoms with Crippen LogP contribution in [0.4, 0.5) is 5.69 Å². The Hall–Kier alpha value is -1.93. The lowest BCUT2D eigenvalue weighted by Crippen LogP contribution is -2.49. The van der Waals surface area contributed by atoms with Gasteiger partial charge in [-0.15, -0.1) is 0 Å². The third-order valence-corrected chi connectivity index (χ3v) is 9.02. The fourth-order valence-corrected chi connectivity index (χ4v) is 6.73. The molecule has 2 saturated heterocycles. The highest BCUT2D eigenvalue weighted by Gasteiger charge is 2.46. The lowest BCUT2D eigenvalue weighted by atomic mass is 9.86. The summed E-state index contributed by atoms with van der Waals surface area (Å²) in [7, 11) is -3.57. The normalized spacial score (nSPS) is 24.0. The molecule has 3 aliphatic heterocycles. The number of hydrogen-bond acceptors (Lipinski definition) is 4. The van der Waals surface area contributed by atoms with Crippen LogP contribution in [0.15, 0.2) is 23.1 Å². The molecular formula is C23H33N3O4S. The van der Waals surface area contributed by atoms with E-state index >= 15 is 0 Å². The van der Waals surface area contributed by atoms with E-state index in [1.54, 1.807) is 36.9 Å². The lowest BCUT2D eigenvalue weighted by Gasteiger charge is -2.36. The molecule has 1 aromatic rings. The number of anilines is 1. The zero-order chi connectivity index (χ0) is 22.4. The van der Waals surface area contributed by atoms with Gasteiger partial charge in [-0.2, -0.15) is 4.31 Å². The second-order valence-corrected chi connectivity index (χ2v) is 11.4. The average Bonchev–Trinajstić information content (AvgIpc) is 3.37. The highest BCUT2D eigenvalue weighted by molar-refractivity contribution is 7.89. The van der Waals surface area contributed by atoms with Crippen molar-refractivity contribution in [3.8, 4) is 0 Å². The molecule has 31 heavy (non-hydrogen) atoms. The Kier molecular flexibility index (Phi) is 5.89. The summed E-state index contributed by atoms with van der Waals surface area (Å²) in [6, 6.07) is 5.15. The van der Waals surface area contributed by atoms with E-state index < -0.39 is 15.4 Å². The number of likely N-dealkylation sites (tertiary alicyclic amines) is 1. The second kappa shape index (κ2) is 8.20. The van der Waals surface area contributed by atoms with Gasteiger partial charge in [0.05, 0.1) is 10.3 Å². The minimum atomic E-state index is -3.57. The van der Waals surface area contributed by atoms with Crippen LogP contribution in [0.1, 0.15) is 64.9 Å². The van der Waals surface area contributed by atoms with Gasteiger partial charge in [-0.3, -0.25) is 9.59 Å². The van der Waals surface area contributed by atoms with Crippen molar-refractivity contribution in [2.75, 3.05) is 31.1 Å². The van der Waals surface area contributed by atoms with Crippen molar-refractivity contribution in [3.05, 3.63) is 23.8 Å². The Morgan fingerprint density at radius 1 is 1.10 bits per heavy atom. The first-order valence-corrected chi connectivity index (χ1v) is 12.9. The van der Waals surface area contributed by atoms with Gasteiger partial charge in [0.1, 0.15) is 6.54 Å². The fraction of sp³-hybridized carbons (Fsp3) is 0.652. The molecule has 0 radical (unpaired) electrons. The van der Waals surface area contributed by atoms with E-state index in [2.05, 4.69) is 6.92 Å². The number of piperidine rings is 1. The van der Waals surface area contributed by atoms with Crippen molar-refractivity contribution >= 4 is 27.5 Å². The number of rotatable bonds is 5. The molecule has 1 aromatic carbocycles. The number of carbonyl (C=O) groups excluding carboxylic acids is 2. The van der Waals surface area contributed by atoms with Crippen LogP contribution >= 0.6 is 0 Å². The number of benzene rings is 1. The highest BCUT2D eigenvalue weighted by Crippen LogP contribution is 2.43. The average molecular weight is 448 g/mol. The number of carbonyl (C=O) groups is 2. The summed E-state index contributed by atoms with van der Waals surface area (Å²) in [5, 5.41) is 0. The minimum Gasteiger partial charge on any atom is -0.338 e. The smallest absolute Gasteiger partial charge is 0.243 e. The first-order chi connectivity index (χ1) is 14.7. The predicted molar refractivity (Wildman–Crippen MR) is 119 cm³/mol. The van der Waals surface area contributed by atoms with Crippen LogP contribution in [0.25, 0.3) is 0 Å². The van der Waals surface area contributed by atoms with Gasteiger partial charge in [-0.25, -0.2) is 8.42 Å². The summed E-state index contributed by atoms with van der Waals surface area (Å²) in [4.78, 5) is 30.1. The quantitative estimate of drug-likeness (QED) is 0.695. The summed E-state index contributed by atoms with van der Waals surface area (Å²) in [6.45, 7) is 7.53. The number of fused-ring (bicyclic) bond motifs is 1. The summed E-state index contributed by atoms with van der Waals surface area (Å²) in [6.07, 6.45) is 5.80. The number of sulfonamides is 1. The van der Waals surface area contributed by atoms with Gasteiger partial charge >= 0.3 is 0 Å². The molecule has 170 valence electrons. The summed E-state index contributed by atoms with van der Waals surface area (Å²) in [5.74, 6) is -0.186. The van der Waals surface area contributed by atoms with Gasteiger partial charge in [0.15, 0.2) is 0 Å². The van der Waals surface area contributed by atoms with E-state index in [0.717, 1.165) is 45.1 Å². The fourth-order valence-electron chi connectivity index (χ4n) is 5.19. The Bertz CT molecular complexity index is 983. The minimum absolute atomic E-state index is 0.00395. The van der Waals surface area contributed by atoms with Crippen LogP contribution < -0.4 is 4.90 Å². The Morgan fingerprint density at radius 2 is 1.77 bits per heavy atom. The number of hydrogen-bond donors (Lipinski definition) is 0. The number of amides is 2. The van der Waals surface area contributed by atoms with Crippen molar-refractivity contribution < 1.29 is 18.0 Å². The predicted octanol–water partition coefficient (Wildman–Crippen LogP) is 2.89. The van der Waals surface area contributed by atoms with Crippen molar-refractivity contribution in [1.29, 1.82) is 0 Å². The van der Waals surface area contributed by atoms with Crippen LogP contribution in [0.5, 0.6) is 0 Å². The molecule has 3 heterocycles. The van der Waals surface area contributed by atoms with E-state index in [1.807, 2.05) is 4.90 Å². The summed E-state index contributed by atoms with van der Waals surface area (Å²) >= 11 is 0. The Morgan fingerprint density at radius 3 is 2.45 bits per heavy atom. The Labute approximate surface area is 185 Å². The van der Waals surface area contributed by atoms with E-state index in [-0.39, 0.29) is 29.3 Å². The molecule has 1 unspecified atom stereocenters. The second-order valence-electron chi connectivity index (χ2n) is 9.45. The van der Waals surface area contributed by atoms with Crippen LogP contribution in [0, 0.1) is 0 Å². The maximum atomic E-state index is 13.3. The molecule has 7 nitrogen and oxygen atoms in total. The van der Waals surface area contributed by atoms with Crippen molar-refractivity contribution in [2.24, 2.45) is 0 Å². The van der Waals surface area contributed by atoms with Gasteiger partial charge in [0, 0.05) is 31.4 Å². The van der Waals surface area contributed by atoms with Crippen molar-refractivity contribution in [1.82, 2.24) is 9.21 Å². The van der Waals surface area contributed by atoms with E-state index in [0.29, 0.717) is 24.3 Å². The third-order valence-electron chi connectivity index (χ3n) is 7.13. The monoisotopic (exact) mass is 447 g/mol.